The molecule has 3 aliphatic rings. The highest BCUT2D eigenvalue weighted by atomic mass is 16.3. The number of aromatic hydroxyl groups is 1. The van der Waals surface area contributed by atoms with E-state index in [0.717, 1.165) is 49.7 Å². The molecule has 5 rings (SSSR count). The first-order valence-electron chi connectivity index (χ1n) is 11.3. The van der Waals surface area contributed by atoms with Gasteiger partial charge in [0.15, 0.2) is 0 Å². The normalized spacial score (nSPS) is 34.3. The molecule has 2 fully saturated rings. The van der Waals surface area contributed by atoms with Crippen LogP contribution in [0.25, 0.3) is 0 Å². The average molecular weight is 402 g/mol. The Morgan fingerprint density at radius 3 is 2.63 bits per heavy atom. The highest BCUT2D eigenvalue weighted by Crippen LogP contribution is 2.64. The average Bonchev–Trinajstić information content (AvgIpc) is 3.03. The Labute approximate surface area is 179 Å². The van der Waals surface area contributed by atoms with Gasteiger partial charge >= 0.3 is 0 Å². The van der Waals surface area contributed by atoms with E-state index < -0.39 is 5.60 Å². The van der Waals surface area contributed by atoms with Crippen LogP contribution in [0.4, 0.5) is 0 Å². The fourth-order valence-electron chi connectivity index (χ4n) is 6.69. The predicted molar refractivity (Wildman–Crippen MR) is 119 cm³/mol. The van der Waals surface area contributed by atoms with E-state index in [1.165, 1.54) is 11.1 Å². The van der Waals surface area contributed by atoms with Crippen LogP contribution in [0.1, 0.15) is 67.2 Å². The van der Waals surface area contributed by atoms with Gasteiger partial charge < -0.3 is 15.9 Å². The Balaban J connectivity index is 1.42. The van der Waals surface area contributed by atoms with Gasteiger partial charge in [0.2, 0.25) is 0 Å². The monoisotopic (exact) mass is 401 g/mol. The number of aryl methyl sites for hydroxylation is 1. The van der Waals surface area contributed by atoms with Gasteiger partial charge in [0, 0.05) is 17.5 Å². The molecule has 0 aliphatic heterocycles. The van der Waals surface area contributed by atoms with Gasteiger partial charge in [0.25, 0.3) is 0 Å². The van der Waals surface area contributed by atoms with Crippen LogP contribution in [0, 0.1) is 29.1 Å². The summed E-state index contributed by atoms with van der Waals surface area (Å²) in [6.07, 6.45) is 6.05. The standard InChI is InChI=1S/C27H31NO2/c1-26-13-11-23-22-9-7-21(29)16-20(22)6-8-24(23)25(26)12-15-27(26,30)14-10-18-2-4-19(17-28)5-3-18/h2-5,7,9,16,23-25,29-30H,6,8,11-13,15,17,28H2,1H3/t23-,24?,25+,26+,27+/m1/s1. The number of hydrogen-bond donors (Lipinski definition) is 3. The highest BCUT2D eigenvalue weighted by Gasteiger charge is 2.61. The van der Waals surface area contributed by atoms with Crippen LogP contribution >= 0.6 is 0 Å². The van der Waals surface area contributed by atoms with Crippen molar-refractivity contribution in [2.45, 2.75) is 63.5 Å². The van der Waals surface area contributed by atoms with Gasteiger partial charge in [-0.25, -0.2) is 0 Å². The minimum absolute atomic E-state index is 0.160. The predicted octanol–water partition coefficient (Wildman–Crippen LogP) is 4.49. The number of aliphatic hydroxyl groups is 1. The Morgan fingerprint density at radius 1 is 1.07 bits per heavy atom. The van der Waals surface area contributed by atoms with E-state index in [-0.39, 0.29) is 5.41 Å². The van der Waals surface area contributed by atoms with Crippen LogP contribution in [0.3, 0.4) is 0 Å². The molecular formula is C27H31NO2. The van der Waals surface area contributed by atoms with E-state index in [1.807, 2.05) is 36.4 Å². The lowest BCUT2D eigenvalue weighted by molar-refractivity contribution is -0.0647. The molecule has 3 nitrogen and oxygen atoms in total. The lowest BCUT2D eigenvalue weighted by Crippen LogP contribution is -2.50. The lowest BCUT2D eigenvalue weighted by Gasteiger charge is -2.52. The van der Waals surface area contributed by atoms with Crippen molar-refractivity contribution in [1.82, 2.24) is 0 Å². The van der Waals surface area contributed by atoms with Crippen molar-refractivity contribution in [3.05, 3.63) is 64.7 Å². The summed E-state index contributed by atoms with van der Waals surface area (Å²) in [4.78, 5) is 0. The Hall–Kier alpha value is -2.28. The zero-order chi connectivity index (χ0) is 20.9. The topological polar surface area (TPSA) is 66.5 Å². The van der Waals surface area contributed by atoms with Gasteiger partial charge in [-0.2, -0.15) is 0 Å². The zero-order valence-corrected chi connectivity index (χ0v) is 17.7. The summed E-state index contributed by atoms with van der Waals surface area (Å²) in [5.74, 6) is 8.59. The molecule has 3 aliphatic carbocycles. The summed E-state index contributed by atoms with van der Waals surface area (Å²) in [7, 11) is 0. The fourth-order valence-corrected chi connectivity index (χ4v) is 6.69. The maximum atomic E-state index is 11.7. The molecule has 30 heavy (non-hydrogen) atoms. The van der Waals surface area contributed by atoms with E-state index in [1.54, 1.807) is 0 Å². The summed E-state index contributed by atoms with van der Waals surface area (Å²) in [6, 6.07) is 13.9. The van der Waals surface area contributed by atoms with Crippen molar-refractivity contribution in [1.29, 1.82) is 0 Å². The molecule has 0 radical (unpaired) electrons. The first-order valence-corrected chi connectivity index (χ1v) is 11.3. The molecule has 0 bridgehead atoms. The number of phenols is 1. The largest absolute Gasteiger partial charge is 0.508 e. The van der Waals surface area contributed by atoms with E-state index >= 15 is 0 Å². The third-order valence-corrected chi connectivity index (χ3v) is 8.46. The fraction of sp³-hybridized carbons (Fsp3) is 0.481. The van der Waals surface area contributed by atoms with Crippen LogP contribution in [0.5, 0.6) is 5.75 Å². The van der Waals surface area contributed by atoms with E-state index in [4.69, 9.17) is 5.73 Å². The SMILES string of the molecule is C[C@]12CC[C@@H]3c4ccc(O)cc4CCC3[C@@H]1CC[C@@]2(O)C#Cc1ccc(CN)cc1. The molecular weight excluding hydrogens is 370 g/mol. The first-order chi connectivity index (χ1) is 14.4. The van der Waals surface area contributed by atoms with Crippen LogP contribution in [0.15, 0.2) is 42.5 Å². The molecule has 0 saturated heterocycles. The molecule has 156 valence electrons. The van der Waals surface area contributed by atoms with Crippen molar-refractivity contribution in [3.8, 4) is 17.6 Å². The number of phenolic OH excluding ortho intramolecular Hbond substituents is 1. The Morgan fingerprint density at radius 2 is 1.87 bits per heavy atom. The van der Waals surface area contributed by atoms with Gasteiger partial charge in [0.05, 0.1) is 0 Å². The van der Waals surface area contributed by atoms with Crippen LogP contribution in [0.2, 0.25) is 0 Å². The number of fused-ring (bicyclic) bond motifs is 5. The summed E-state index contributed by atoms with van der Waals surface area (Å²) < 4.78 is 0. The van der Waals surface area contributed by atoms with Gasteiger partial charge in [-0.05, 0) is 97.2 Å². The summed E-state index contributed by atoms with van der Waals surface area (Å²) in [5.41, 5.74) is 9.37. The van der Waals surface area contributed by atoms with Gasteiger partial charge in [-0.3, -0.25) is 0 Å². The first kappa shape index (κ1) is 19.7. The Bertz CT molecular complexity index is 1020. The minimum atomic E-state index is -0.926. The van der Waals surface area contributed by atoms with Gasteiger partial charge in [0.1, 0.15) is 11.4 Å². The molecule has 2 aromatic carbocycles. The van der Waals surface area contributed by atoms with Crippen molar-refractivity contribution < 1.29 is 10.2 Å². The van der Waals surface area contributed by atoms with Crippen LogP contribution in [-0.2, 0) is 13.0 Å². The molecule has 4 N–H and O–H groups in total. The van der Waals surface area contributed by atoms with Crippen molar-refractivity contribution in [2.75, 3.05) is 0 Å². The second-order valence-corrected chi connectivity index (χ2v) is 9.80. The summed E-state index contributed by atoms with van der Waals surface area (Å²) in [5, 5.41) is 21.6. The van der Waals surface area contributed by atoms with Gasteiger partial charge in [-0.1, -0.05) is 37.0 Å². The maximum absolute atomic E-state index is 11.7. The second-order valence-electron chi connectivity index (χ2n) is 9.80. The van der Waals surface area contributed by atoms with Gasteiger partial charge in [-0.15, -0.1) is 0 Å². The molecule has 2 saturated carbocycles. The number of hydrogen-bond acceptors (Lipinski definition) is 3. The number of rotatable bonds is 1. The molecule has 3 heteroatoms. The molecule has 0 amide bonds. The van der Waals surface area contributed by atoms with E-state index in [0.29, 0.717) is 30.0 Å². The molecule has 0 aromatic heterocycles. The van der Waals surface area contributed by atoms with Crippen LogP contribution in [-0.4, -0.2) is 15.8 Å². The van der Waals surface area contributed by atoms with Crippen LogP contribution < -0.4 is 5.73 Å². The number of nitrogens with two attached hydrogens (primary N) is 1. The van der Waals surface area contributed by atoms with Crippen molar-refractivity contribution >= 4 is 0 Å². The van der Waals surface area contributed by atoms with Crippen molar-refractivity contribution in [3.63, 3.8) is 0 Å². The Kier molecular flexibility index (Phi) is 4.69. The third kappa shape index (κ3) is 2.97. The van der Waals surface area contributed by atoms with Crippen molar-refractivity contribution in [2.24, 2.45) is 23.0 Å². The zero-order valence-electron chi connectivity index (χ0n) is 17.7. The number of benzene rings is 2. The summed E-state index contributed by atoms with van der Waals surface area (Å²) in [6.45, 7) is 2.81. The molecule has 2 aromatic rings. The molecule has 0 heterocycles. The minimum Gasteiger partial charge on any atom is -0.508 e. The van der Waals surface area contributed by atoms with E-state index in [9.17, 15) is 10.2 Å². The maximum Gasteiger partial charge on any atom is 0.131 e. The lowest BCUT2D eigenvalue weighted by atomic mass is 9.53. The molecule has 5 atom stereocenters. The summed E-state index contributed by atoms with van der Waals surface area (Å²) >= 11 is 0. The molecule has 0 spiro atoms. The quantitative estimate of drug-likeness (QED) is 0.617. The molecule has 1 unspecified atom stereocenters. The smallest absolute Gasteiger partial charge is 0.131 e. The third-order valence-electron chi connectivity index (χ3n) is 8.46. The highest BCUT2D eigenvalue weighted by molar-refractivity contribution is 5.42. The second kappa shape index (κ2) is 7.15. The van der Waals surface area contributed by atoms with E-state index in [2.05, 4.69) is 24.8 Å².